The third kappa shape index (κ3) is 1.29. The molecule has 1 atom stereocenters. The normalized spacial score (nSPS) is 22.4. The van der Waals surface area contributed by atoms with Crippen LogP contribution in [-0.4, -0.2) is 12.9 Å². The molecule has 2 nitrogen and oxygen atoms in total. The summed E-state index contributed by atoms with van der Waals surface area (Å²) in [4.78, 5) is 11.8. The number of fused-ring (bicyclic) bond motifs is 3. The second-order valence-electron chi connectivity index (χ2n) is 4.46. The van der Waals surface area contributed by atoms with Crippen molar-refractivity contribution >= 4 is 11.9 Å². The van der Waals surface area contributed by atoms with Crippen LogP contribution in [0.25, 0.3) is 6.08 Å². The van der Waals surface area contributed by atoms with E-state index in [1.807, 2.05) is 12.1 Å². The molecular weight excluding hydrogens is 200 g/mol. The van der Waals surface area contributed by atoms with Gasteiger partial charge >= 0.3 is 0 Å². The van der Waals surface area contributed by atoms with Gasteiger partial charge in [0.2, 0.25) is 0 Å². The van der Waals surface area contributed by atoms with Crippen molar-refractivity contribution in [3.05, 3.63) is 34.9 Å². The van der Waals surface area contributed by atoms with E-state index in [9.17, 15) is 4.79 Å². The summed E-state index contributed by atoms with van der Waals surface area (Å²) in [5, 5.41) is 0. The smallest absolute Gasteiger partial charge is 0.159 e. The van der Waals surface area contributed by atoms with Crippen LogP contribution in [0.4, 0.5) is 0 Å². The first-order chi connectivity index (χ1) is 7.79. The van der Waals surface area contributed by atoms with Crippen LogP contribution < -0.4 is 4.74 Å². The molecule has 0 aromatic heterocycles. The Kier molecular flexibility index (Phi) is 2.10. The summed E-state index contributed by atoms with van der Waals surface area (Å²) in [5.74, 6) is 1.53. The number of carbonyl (C=O) groups excluding carboxylic acids is 1. The largest absolute Gasteiger partial charge is 0.497 e. The number of ketones is 1. The lowest BCUT2D eigenvalue weighted by Gasteiger charge is -2.20. The van der Waals surface area contributed by atoms with E-state index in [4.69, 9.17) is 4.74 Å². The molecule has 2 aliphatic rings. The van der Waals surface area contributed by atoms with Crippen LogP contribution in [0.3, 0.4) is 0 Å². The summed E-state index contributed by atoms with van der Waals surface area (Å²) >= 11 is 0. The number of hydrogen-bond donors (Lipinski definition) is 0. The monoisotopic (exact) mass is 214 g/mol. The van der Waals surface area contributed by atoms with Gasteiger partial charge in [0.1, 0.15) is 5.75 Å². The molecule has 0 radical (unpaired) electrons. The van der Waals surface area contributed by atoms with Crippen molar-refractivity contribution in [2.24, 2.45) is 0 Å². The number of ether oxygens (including phenoxy) is 1. The zero-order chi connectivity index (χ0) is 11.1. The van der Waals surface area contributed by atoms with Crippen LogP contribution in [-0.2, 0) is 4.79 Å². The molecule has 0 aliphatic heterocycles. The van der Waals surface area contributed by atoms with Crippen LogP contribution in [0.5, 0.6) is 5.75 Å². The van der Waals surface area contributed by atoms with Gasteiger partial charge in [-0.3, -0.25) is 4.79 Å². The number of benzene rings is 1. The maximum Gasteiger partial charge on any atom is 0.159 e. The average molecular weight is 214 g/mol. The summed E-state index contributed by atoms with van der Waals surface area (Å²) in [6, 6.07) is 6.08. The Balaban J connectivity index is 2.07. The van der Waals surface area contributed by atoms with Gasteiger partial charge in [0.15, 0.2) is 5.78 Å². The zero-order valence-corrected chi connectivity index (χ0v) is 9.32. The van der Waals surface area contributed by atoms with Gasteiger partial charge in [-0.2, -0.15) is 0 Å². The van der Waals surface area contributed by atoms with E-state index in [1.165, 1.54) is 11.1 Å². The minimum atomic E-state index is 0.325. The highest BCUT2D eigenvalue weighted by atomic mass is 16.5. The van der Waals surface area contributed by atoms with Crippen LogP contribution in [0.15, 0.2) is 23.8 Å². The van der Waals surface area contributed by atoms with Crippen molar-refractivity contribution in [2.75, 3.05) is 7.11 Å². The average Bonchev–Trinajstić information content (AvgIpc) is 2.68. The van der Waals surface area contributed by atoms with Crippen molar-refractivity contribution in [1.82, 2.24) is 0 Å². The van der Waals surface area contributed by atoms with E-state index >= 15 is 0 Å². The molecule has 1 saturated carbocycles. The summed E-state index contributed by atoms with van der Waals surface area (Å²) in [7, 11) is 1.68. The van der Waals surface area contributed by atoms with Gasteiger partial charge in [-0.1, -0.05) is 6.07 Å². The standard InChI is InChI=1S/C14H14O2/c1-16-10-6-5-9-7-13-11(12(9)8-10)3-2-4-14(13)15/h5-8,11H,2-4H2,1H3. The first-order valence-corrected chi connectivity index (χ1v) is 5.72. The van der Waals surface area contributed by atoms with Gasteiger partial charge in [-0.05, 0) is 42.2 Å². The molecule has 82 valence electrons. The molecule has 0 amide bonds. The van der Waals surface area contributed by atoms with E-state index in [1.54, 1.807) is 7.11 Å². The Hall–Kier alpha value is -1.57. The third-order valence-electron chi connectivity index (χ3n) is 3.57. The van der Waals surface area contributed by atoms with Crippen molar-refractivity contribution in [3.8, 4) is 5.75 Å². The molecule has 1 aromatic rings. The number of methoxy groups -OCH3 is 1. The summed E-state index contributed by atoms with van der Waals surface area (Å²) in [6.45, 7) is 0. The summed E-state index contributed by atoms with van der Waals surface area (Å²) in [5.41, 5.74) is 3.47. The fourth-order valence-electron chi connectivity index (χ4n) is 2.75. The Morgan fingerprint density at radius 3 is 3.06 bits per heavy atom. The topological polar surface area (TPSA) is 26.3 Å². The van der Waals surface area contributed by atoms with Crippen molar-refractivity contribution < 1.29 is 9.53 Å². The molecule has 1 unspecified atom stereocenters. The van der Waals surface area contributed by atoms with Gasteiger partial charge in [-0.25, -0.2) is 0 Å². The van der Waals surface area contributed by atoms with Gasteiger partial charge in [0, 0.05) is 17.9 Å². The molecule has 1 aromatic carbocycles. The summed E-state index contributed by atoms with van der Waals surface area (Å²) in [6.07, 6.45) is 4.88. The fraction of sp³-hybridized carbons (Fsp3) is 0.357. The predicted molar refractivity (Wildman–Crippen MR) is 62.6 cm³/mol. The number of Topliss-reactive ketones (excluding diaryl/α,β-unsaturated/α-hetero) is 1. The van der Waals surface area contributed by atoms with Gasteiger partial charge < -0.3 is 4.74 Å². The second kappa shape index (κ2) is 3.48. The first kappa shape index (κ1) is 9.64. The Bertz CT molecular complexity index is 486. The Morgan fingerprint density at radius 1 is 1.38 bits per heavy atom. The summed E-state index contributed by atoms with van der Waals surface area (Å²) < 4.78 is 5.24. The number of carbonyl (C=O) groups is 1. The van der Waals surface area contributed by atoms with Crippen LogP contribution in [0.2, 0.25) is 0 Å². The highest BCUT2D eigenvalue weighted by molar-refractivity contribution is 6.04. The van der Waals surface area contributed by atoms with E-state index in [0.717, 1.165) is 24.2 Å². The number of allylic oxidation sites excluding steroid dienone is 1. The molecule has 2 aliphatic carbocycles. The maximum absolute atomic E-state index is 11.8. The Labute approximate surface area is 94.9 Å². The van der Waals surface area contributed by atoms with E-state index in [0.29, 0.717) is 18.1 Å². The molecule has 3 rings (SSSR count). The number of hydrogen-bond acceptors (Lipinski definition) is 2. The van der Waals surface area contributed by atoms with E-state index < -0.39 is 0 Å². The van der Waals surface area contributed by atoms with E-state index in [-0.39, 0.29) is 0 Å². The first-order valence-electron chi connectivity index (χ1n) is 5.72. The van der Waals surface area contributed by atoms with Crippen LogP contribution >= 0.6 is 0 Å². The number of rotatable bonds is 1. The molecule has 16 heavy (non-hydrogen) atoms. The Morgan fingerprint density at radius 2 is 2.25 bits per heavy atom. The molecule has 0 heterocycles. The van der Waals surface area contributed by atoms with Crippen molar-refractivity contribution in [1.29, 1.82) is 0 Å². The molecular formula is C14H14O2. The fourth-order valence-corrected chi connectivity index (χ4v) is 2.75. The van der Waals surface area contributed by atoms with Gasteiger partial charge in [-0.15, -0.1) is 0 Å². The molecule has 2 heteroatoms. The predicted octanol–water partition coefficient (Wildman–Crippen LogP) is 2.93. The van der Waals surface area contributed by atoms with E-state index in [2.05, 4.69) is 12.1 Å². The second-order valence-corrected chi connectivity index (χ2v) is 4.46. The molecule has 0 saturated heterocycles. The van der Waals surface area contributed by atoms with Crippen LogP contribution in [0.1, 0.15) is 36.3 Å². The highest BCUT2D eigenvalue weighted by Crippen LogP contribution is 2.44. The zero-order valence-electron chi connectivity index (χ0n) is 9.32. The van der Waals surface area contributed by atoms with Gasteiger partial charge in [0.25, 0.3) is 0 Å². The molecule has 0 bridgehead atoms. The highest BCUT2D eigenvalue weighted by Gasteiger charge is 2.32. The van der Waals surface area contributed by atoms with Crippen molar-refractivity contribution in [3.63, 3.8) is 0 Å². The minimum Gasteiger partial charge on any atom is -0.497 e. The van der Waals surface area contributed by atoms with Crippen LogP contribution in [0, 0.1) is 0 Å². The molecule has 1 fully saturated rings. The maximum atomic E-state index is 11.8. The lowest BCUT2D eigenvalue weighted by Crippen LogP contribution is -2.14. The SMILES string of the molecule is COc1ccc2c(c1)C1CCCC(=O)C1=C2. The lowest BCUT2D eigenvalue weighted by atomic mass is 9.82. The van der Waals surface area contributed by atoms with Crippen molar-refractivity contribution in [2.45, 2.75) is 25.2 Å². The third-order valence-corrected chi connectivity index (χ3v) is 3.57. The quantitative estimate of drug-likeness (QED) is 0.718. The lowest BCUT2D eigenvalue weighted by molar-refractivity contribution is -0.116. The minimum absolute atomic E-state index is 0.325. The molecule has 0 spiro atoms. The van der Waals surface area contributed by atoms with Gasteiger partial charge in [0.05, 0.1) is 7.11 Å². The molecule has 0 N–H and O–H groups in total.